The Hall–Kier alpha value is -2.41. The number of ether oxygens (including phenoxy) is 1. The minimum Gasteiger partial charge on any atom is -0.444 e. The summed E-state index contributed by atoms with van der Waals surface area (Å²) >= 11 is 5.27. The predicted octanol–water partition coefficient (Wildman–Crippen LogP) is 3.05. The summed E-state index contributed by atoms with van der Waals surface area (Å²) in [5, 5.41) is 10.3. The van der Waals surface area contributed by atoms with E-state index in [1.807, 2.05) is 51.1 Å². The van der Waals surface area contributed by atoms with Crippen LogP contribution in [0.4, 0.5) is 10.5 Å². The predicted molar refractivity (Wildman–Crippen MR) is 100 cm³/mol. The number of carbonyl (C=O) groups excluding carboxylic acids is 1. The van der Waals surface area contributed by atoms with Crippen LogP contribution in [0.25, 0.3) is 10.9 Å². The molecular formula is C17H22N4O2S. The number of benzene rings is 1. The third kappa shape index (κ3) is 5.66. The summed E-state index contributed by atoms with van der Waals surface area (Å²) in [6.45, 7) is 6.36. The van der Waals surface area contributed by atoms with Gasteiger partial charge in [0.1, 0.15) is 5.60 Å². The van der Waals surface area contributed by atoms with E-state index in [-0.39, 0.29) is 0 Å². The number of nitrogens with one attached hydrogen (secondary N) is 3. The number of hydrogen-bond acceptors (Lipinski definition) is 4. The fourth-order valence-electron chi connectivity index (χ4n) is 2.03. The van der Waals surface area contributed by atoms with E-state index in [0.29, 0.717) is 18.2 Å². The van der Waals surface area contributed by atoms with Gasteiger partial charge < -0.3 is 20.7 Å². The largest absolute Gasteiger partial charge is 0.444 e. The smallest absolute Gasteiger partial charge is 0.407 e. The molecule has 24 heavy (non-hydrogen) atoms. The van der Waals surface area contributed by atoms with Crippen molar-refractivity contribution in [1.29, 1.82) is 0 Å². The molecule has 6 nitrogen and oxygen atoms in total. The summed E-state index contributed by atoms with van der Waals surface area (Å²) < 4.78 is 5.15. The number of thiocarbonyl (C=S) groups is 1. The van der Waals surface area contributed by atoms with Crippen LogP contribution in [0.1, 0.15) is 20.8 Å². The zero-order valence-electron chi connectivity index (χ0n) is 14.1. The normalized spacial score (nSPS) is 11.0. The first-order chi connectivity index (χ1) is 11.3. The Bertz CT molecular complexity index is 723. The lowest BCUT2D eigenvalue weighted by atomic mass is 10.2. The van der Waals surface area contributed by atoms with Crippen LogP contribution in [0.5, 0.6) is 0 Å². The maximum atomic E-state index is 11.5. The topological polar surface area (TPSA) is 75.3 Å². The van der Waals surface area contributed by atoms with E-state index in [2.05, 4.69) is 20.9 Å². The Labute approximate surface area is 147 Å². The lowest BCUT2D eigenvalue weighted by Crippen LogP contribution is -2.39. The van der Waals surface area contributed by atoms with E-state index in [1.165, 1.54) is 0 Å². The van der Waals surface area contributed by atoms with Gasteiger partial charge in [0.15, 0.2) is 5.11 Å². The molecule has 2 rings (SSSR count). The summed E-state index contributed by atoms with van der Waals surface area (Å²) in [5.41, 5.74) is 1.19. The number of rotatable bonds is 4. The van der Waals surface area contributed by atoms with Gasteiger partial charge in [0.2, 0.25) is 0 Å². The molecule has 0 saturated carbocycles. The average molecular weight is 346 g/mol. The number of pyridine rings is 1. The lowest BCUT2D eigenvalue weighted by Gasteiger charge is -2.19. The molecule has 0 radical (unpaired) electrons. The number of aromatic nitrogens is 1. The van der Waals surface area contributed by atoms with Crippen LogP contribution in [0.3, 0.4) is 0 Å². The highest BCUT2D eigenvalue weighted by Gasteiger charge is 2.15. The van der Waals surface area contributed by atoms with Crippen molar-refractivity contribution in [1.82, 2.24) is 15.6 Å². The highest BCUT2D eigenvalue weighted by molar-refractivity contribution is 7.80. The average Bonchev–Trinajstić information content (AvgIpc) is 2.50. The quantitative estimate of drug-likeness (QED) is 0.584. The molecular weight excluding hydrogens is 324 g/mol. The van der Waals surface area contributed by atoms with Crippen molar-refractivity contribution in [3.8, 4) is 0 Å². The van der Waals surface area contributed by atoms with Gasteiger partial charge in [0.25, 0.3) is 0 Å². The third-order valence-corrected chi connectivity index (χ3v) is 3.21. The Morgan fingerprint density at radius 2 is 1.88 bits per heavy atom. The summed E-state index contributed by atoms with van der Waals surface area (Å²) in [6.07, 6.45) is 1.30. The van der Waals surface area contributed by atoms with Crippen LogP contribution in [0.15, 0.2) is 36.5 Å². The molecule has 1 heterocycles. The van der Waals surface area contributed by atoms with E-state index in [9.17, 15) is 4.79 Å². The first-order valence-electron chi connectivity index (χ1n) is 7.70. The molecule has 2 aromatic rings. The third-order valence-electron chi connectivity index (χ3n) is 2.96. The maximum absolute atomic E-state index is 11.5. The van der Waals surface area contributed by atoms with Gasteiger partial charge in [-0.3, -0.25) is 4.98 Å². The van der Waals surface area contributed by atoms with Gasteiger partial charge in [-0.2, -0.15) is 0 Å². The minimum atomic E-state index is -0.504. The van der Waals surface area contributed by atoms with Crippen molar-refractivity contribution >= 4 is 40.0 Å². The Balaban J connectivity index is 1.78. The molecule has 1 amide bonds. The summed E-state index contributed by atoms with van der Waals surface area (Å²) in [4.78, 5) is 15.9. The second-order valence-electron chi connectivity index (χ2n) is 6.19. The van der Waals surface area contributed by atoms with Crippen molar-refractivity contribution in [3.63, 3.8) is 0 Å². The number of anilines is 1. The Kier molecular flexibility index (Phi) is 5.92. The van der Waals surface area contributed by atoms with Crippen molar-refractivity contribution in [3.05, 3.63) is 36.5 Å². The zero-order chi connectivity index (χ0) is 17.6. The number of alkyl carbamates (subject to hydrolysis) is 1. The molecule has 0 spiro atoms. The van der Waals surface area contributed by atoms with Crippen LogP contribution < -0.4 is 16.0 Å². The van der Waals surface area contributed by atoms with Crippen LogP contribution >= 0.6 is 12.2 Å². The van der Waals surface area contributed by atoms with Crippen LogP contribution in [-0.4, -0.2) is 34.9 Å². The zero-order valence-corrected chi connectivity index (χ0v) is 14.9. The summed E-state index contributed by atoms with van der Waals surface area (Å²) in [7, 11) is 0. The summed E-state index contributed by atoms with van der Waals surface area (Å²) in [5.74, 6) is 0. The molecule has 0 aliphatic carbocycles. The van der Waals surface area contributed by atoms with Crippen molar-refractivity contribution < 1.29 is 9.53 Å². The molecule has 0 aliphatic heterocycles. The van der Waals surface area contributed by atoms with Gasteiger partial charge in [-0.05, 0) is 45.1 Å². The Morgan fingerprint density at radius 1 is 1.17 bits per heavy atom. The molecule has 3 N–H and O–H groups in total. The number of amides is 1. The number of nitrogens with zero attached hydrogens (tertiary/aromatic N) is 1. The molecule has 1 aromatic carbocycles. The van der Waals surface area contributed by atoms with Crippen LogP contribution in [0.2, 0.25) is 0 Å². The molecule has 0 fully saturated rings. The molecule has 0 atom stereocenters. The number of carbonyl (C=O) groups is 1. The number of fused-ring (bicyclic) bond motifs is 1. The van der Waals surface area contributed by atoms with Gasteiger partial charge in [-0.15, -0.1) is 0 Å². The molecule has 7 heteroatoms. The van der Waals surface area contributed by atoms with Gasteiger partial charge in [0.05, 0.1) is 11.2 Å². The number of para-hydroxylation sites is 1. The SMILES string of the molecule is CC(C)(C)OC(=O)NCCNC(=S)Nc1cccc2cccnc12. The van der Waals surface area contributed by atoms with Crippen molar-refractivity contribution in [2.24, 2.45) is 0 Å². The standard InChI is InChI=1S/C17H22N4O2S/c1-17(2,3)23-16(22)20-11-10-19-15(24)21-13-8-4-6-12-7-5-9-18-14(12)13/h4-9H,10-11H2,1-3H3,(H,20,22)(H2,19,21,24). The van der Waals surface area contributed by atoms with E-state index in [4.69, 9.17) is 17.0 Å². The fourth-order valence-corrected chi connectivity index (χ4v) is 2.24. The first kappa shape index (κ1) is 17.9. The van der Waals surface area contributed by atoms with Gasteiger partial charge >= 0.3 is 6.09 Å². The van der Waals surface area contributed by atoms with E-state index in [0.717, 1.165) is 16.6 Å². The van der Waals surface area contributed by atoms with Crippen molar-refractivity contribution in [2.75, 3.05) is 18.4 Å². The van der Waals surface area contributed by atoms with Gasteiger partial charge in [0, 0.05) is 24.7 Å². The maximum Gasteiger partial charge on any atom is 0.407 e. The lowest BCUT2D eigenvalue weighted by molar-refractivity contribution is 0.0529. The monoisotopic (exact) mass is 346 g/mol. The fraction of sp³-hybridized carbons (Fsp3) is 0.353. The van der Waals surface area contributed by atoms with E-state index in [1.54, 1.807) is 6.20 Å². The highest BCUT2D eigenvalue weighted by Crippen LogP contribution is 2.20. The molecule has 0 bridgehead atoms. The van der Waals surface area contributed by atoms with Gasteiger partial charge in [-0.1, -0.05) is 18.2 Å². The second kappa shape index (κ2) is 7.92. The van der Waals surface area contributed by atoms with Crippen LogP contribution in [-0.2, 0) is 4.74 Å². The van der Waals surface area contributed by atoms with Crippen molar-refractivity contribution in [2.45, 2.75) is 26.4 Å². The summed E-state index contributed by atoms with van der Waals surface area (Å²) in [6, 6.07) is 9.75. The minimum absolute atomic E-state index is 0.407. The molecule has 1 aromatic heterocycles. The number of hydrogen-bond donors (Lipinski definition) is 3. The molecule has 128 valence electrons. The Morgan fingerprint density at radius 3 is 2.62 bits per heavy atom. The molecule has 0 unspecified atom stereocenters. The van der Waals surface area contributed by atoms with E-state index < -0.39 is 11.7 Å². The van der Waals surface area contributed by atoms with Crippen LogP contribution in [0, 0.1) is 0 Å². The second-order valence-corrected chi connectivity index (χ2v) is 6.60. The molecule has 0 aliphatic rings. The van der Waals surface area contributed by atoms with E-state index >= 15 is 0 Å². The highest BCUT2D eigenvalue weighted by atomic mass is 32.1. The molecule has 0 saturated heterocycles. The van der Waals surface area contributed by atoms with Gasteiger partial charge in [-0.25, -0.2) is 4.79 Å². The first-order valence-corrected chi connectivity index (χ1v) is 8.11.